The zero-order valence-electron chi connectivity index (χ0n) is 17.7. The van der Waals surface area contributed by atoms with Crippen LogP contribution in [0.4, 0.5) is 0 Å². The summed E-state index contributed by atoms with van der Waals surface area (Å²) in [6.07, 6.45) is 2.22. The molecule has 3 aromatic carbocycles. The van der Waals surface area contributed by atoms with Gasteiger partial charge in [0.2, 0.25) is 5.52 Å². The Morgan fingerprint density at radius 3 is 2.45 bits per heavy atom. The minimum absolute atomic E-state index is 1.31. The third-order valence-corrected chi connectivity index (χ3v) is 8.67. The Bertz CT molecular complexity index is 1600. The molecule has 0 aliphatic heterocycles. The zero-order valence-corrected chi connectivity index (χ0v) is 18.7. The molecule has 3 heteroatoms. The highest BCUT2D eigenvalue weighted by atomic mass is 28.3. The molecule has 0 bridgehead atoms. The number of pyridine rings is 2. The van der Waals surface area contributed by atoms with Crippen molar-refractivity contribution in [3.05, 3.63) is 66.4 Å². The van der Waals surface area contributed by atoms with E-state index in [4.69, 9.17) is 0 Å². The van der Waals surface area contributed by atoms with Crippen molar-refractivity contribution in [2.24, 2.45) is 7.05 Å². The summed E-state index contributed by atoms with van der Waals surface area (Å²) in [6.45, 7) is 9.53. The Hall–Kier alpha value is -2.91. The molecule has 3 heterocycles. The smallest absolute Gasteiger partial charge is 0.238 e. The highest BCUT2D eigenvalue weighted by Crippen LogP contribution is 2.39. The number of hydrogen-bond donors (Lipinski definition) is 0. The Morgan fingerprint density at radius 1 is 0.828 bits per heavy atom. The zero-order chi connectivity index (χ0) is 20.1. The molecule has 0 amide bonds. The first kappa shape index (κ1) is 17.0. The minimum atomic E-state index is -1.40. The molecule has 0 unspecified atom stereocenters. The SMILES string of the molecule is Cc1ccc2cccc3c2c1c1c2c(cc[n+]1C)c1ccc([Si](C)(C)C)cc1n32. The molecule has 2 nitrogen and oxygen atoms in total. The van der Waals surface area contributed by atoms with Crippen molar-refractivity contribution in [1.29, 1.82) is 0 Å². The third kappa shape index (κ3) is 2.08. The Balaban J connectivity index is 2.03. The van der Waals surface area contributed by atoms with Gasteiger partial charge in [-0.3, -0.25) is 0 Å². The van der Waals surface area contributed by atoms with Crippen LogP contribution in [0.15, 0.2) is 60.8 Å². The lowest BCUT2D eigenvalue weighted by atomic mass is 9.98. The first-order valence-electron chi connectivity index (χ1n) is 10.4. The largest absolute Gasteiger partial charge is 0.303 e. The van der Waals surface area contributed by atoms with Crippen LogP contribution in [0.2, 0.25) is 19.6 Å². The number of benzene rings is 3. The van der Waals surface area contributed by atoms with Gasteiger partial charge in [0.05, 0.1) is 24.5 Å². The normalized spacial score (nSPS) is 13.0. The molecule has 0 N–H and O–H groups in total. The van der Waals surface area contributed by atoms with Crippen LogP contribution in [0.1, 0.15) is 5.56 Å². The van der Waals surface area contributed by atoms with E-state index < -0.39 is 8.07 Å². The topological polar surface area (TPSA) is 8.29 Å². The summed E-state index contributed by atoms with van der Waals surface area (Å²) >= 11 is 0. The van der Waals surface area contributed by atoms with Gasteiger partial charge in [-0.05, 0) is 30.0 Å². The number of hydrogen-bond acceptors (Lipinski definition) is 0. The van der Waals surface area contributed by atoms with E-state index in [0.29, 0.717) is 0 Å². The monoisotopic (exact) mass is 393 g/mol. The van der Waals surface area contributed by atoms with Gasteiger partial charge in [-0.15, -0.1) is 0 Å². The summed E-state index contributed by atoms with van der Waals surface area (Å²) < 4.78 is 4.83. The van der Waals surface area contributed by atoms with Crippen LogP contribution >= 0.6 is 0 Å². The number of nitrogens with zero attached hydrogens (tertiary/aromatic N) is 2. The van der Waals surface area contributed by atoms with E-state index in [1.807, 2.05) is 0 Å². The average molecular weight is 394 g/mol. The van der Waals surface area contributed by atoms with Gasteiger partial charge < -0.3 is 4.40 Å². The van der Waals surface area contributed by atoms with Crippen molar-refractivity contribution < 1.29 is 4.57 Å². The number of aryl methyl sites for hydroxylation is 2. The lowest BCUT2D eigenvalue weighted by molar-refractivity contribution is -0.644. The fraction of sp³-hybridized carbons (Fsp3) is 0.192. The average Bonchev–Trinajstić information content (AvgIpc) is 3.02. The molecule has 0 radical (unpaired) electrons. The van der Waals surface area contributed by atoms with Gasteiger partial charge >= 0.3 is 0 Å². The van der Waals surface area contributed by atoms with Crippen molar-refractivity contribution in [2.75, 3.05) is 0 Å². The summed E-state index contributed by atoms with van der Waals surface area (Å²) in [5.74, 6) is 0. The van der Waals surface area contributed by atoms with Crippen molar-refractivity contribution in [3.8, 4) is 0 Å². The van der Waals surface area contributed by atoms with E-state index in [9.17, 15) is 0 Å². The highest BCUT2D eigenvalue weighted by molar-refractivity contribution is 6.88. The predicted octanol–water partition coefficient (Wildman–Crippen LogP) is 5.67. The molecule has 6 aromatic rings. The van der Waals surface area contributed by atoms with Gasteiger partial charge in [0.25, 0.3) is 0 Å². The Labute approximate surface area is 171 Å². The lowest BCUT2D eigenvalue weighted by Gasteiger charge is -2.17. The van der Waals surface area contributed by atoms with E-state index in [1.54, 1.807) is 0 Å². The van der Waals surface area contributed by atoms with E-state index >= 15 is 0 Å². The summed E-state index contributed by atoms with van der Waals surface area (Å²) in [4.78, 5) is 0. The summed E-state index contributed by atoms with van der Waals surface area (Å²) in [6, 6.07) is 20.7. The molecule has 0 fully saturated rings. The fourth-order valence-electron chi connectivity index (χ4n) is 5.11. The maximum atomic E-state index is 2.53. The van der Waals surface area contributed by atoms with Crippen molar-refractivity contribution in [2.45, 2.75) is 26.6 Å². The molecule has 0 saturated heterocycles. The Morgan fingerprint density at radius 2 is 1.66 bits per heavy atom. The predicted molar refractivity (Wildman–Crippen MR) is 128 cm³/mol. The maximum Gasteiger partial charge on any atom is 0.238 e. The first-order valence-corrected chi connectivity index (χ1v) is 13.9. The molecule has 29 heavy (non-hydrogen) atoms. The van der Waals surface area contributed by atoms with Gasteiger partial charge in [-0.2, -0.15) is 4.57 Å². The maximum absolute atomic E-state index is 2.53. The van der Waals surface area contributed by atoms with Gasteiger partial charge in [0.15, 0.2) is 6.20 Å². The molecule has 3 aromatic heterocycles. The standard InChI is InChI=1S/C26H25N2Si/c1-16-9-10-17-7-6-8-21-24(17)23(16)26-25-20(13-14-27(26)2)19-12-11-18(29(3,4)5)15-22(19)28(21)25/h6-15H,1-5H3/q+1. The van der Waals surface area contributed by atoms with Crippen molar-refractivity contribution in [3.63, 3.8) is 0 Å². The Kier molecular flexibility index (Phi) is 3.14. The second kappa shape index (κ2) is 5.36. The molecule has 142 valence electrons. The van der Waals surface area contributed by atoms with Crippen LogP contribution in [0.5, 0.6) is 0 Å². The molecule has 0 aliphatic carbocycles. The van der Waals surface area contributed by atoms with Crippen molar-refractivity contribution >= 4 is 62.3 Å². The highest BCUT2D eigenvalue weighted by Gasteiger charge is 2.25. The second-order valence-electron chi connectivity index (χ2n) is 9.49. The van der Waals surface area contributed by atoms with Crippen LogP contribution < -0.4 is 9.75 Å². The molecule has 0 spiro atoms. The van der Waals surface area contributed by atoms with Crippen LogP contribution in [0, 0.1) is 6.92 Å². The van der Waals surface area contributed by atoms with Gasteiger partial charge in [-0.1, -0.05) is 61.2 Å². The quantitative estimate of drug-likeness (QED) is 0.147. The van der Waals surface area contributed by atoms with Gasteiger partial charge in [-0.25, -0.2) is 0 Å². The minimum Gasteiger partial charge on any atom is -0.303 e. The third-order valence-electron chi connectivity index (χ3n) is 6.63. The van der Waals surface area contributed by atoms with Gasteiger partial charge in [0.1, 0.15) is 12.6 Å². The van der Waals surface area contributed by atoms with E-state index in [0.717, 1.165) is 0 Å². The number of rotatable bonds is 1. The molecule has 6 rings (SSSR count). The van der Waals surface area contributed by atoms with Crippen LogP contribution in [-0.4, -0.2) is 12.5 Å². The first-order chi connectivity index (χ1) is 13.9. The second-order valence-corrected chi connectivity index (χ2v) is 14.6. The molecule has 0 aliphatic rings. The molecular formula is C26H25N2Si+. The summed E-state index contributed by atoms with van der Waals surface area (Å²) in [5, 5.41) is 8.28. The van der Waals surface area contributed by atoms with E-state index in [-0.39, 0.29) is 0 Å². The van der Waals surface area contributed by atoms with Crippen LogP contribution in [0.3, 0.4) is 0 Å². The number of fused-ring (bicyclic) bond motifs is 5. The number of aromatic nitrogens is 2. The van der Waals surface area contributed by atoms with E-state index in [2.05, 4.69) is 103 Å². The van der Waals surface area contributed by atoms with Crippen LogP contribution in [-0.2, 0) is 7.05 Å². The summed E-state index contributed by atoms with van der Waals surface area (Å²) in [5.41, 5.74) is 6.66. The van der Waals surface area contributed by atoms with E-state index in [1.165, 1.54) is 59.7 Å². The van der Waals surface area contributed by atoms with Gasteiger partial charge in [0, 0.05) is 22.2 Å². The molecule has 0 atom stereocenters. The molecule has 0 saturated carbocycles. The lowest BCUT2D eigenvalue weighted by Crippen LogP contribution is -2.37. The van der Waals surface area contributed by atoms with Crippen LogP contribution in [0.25, 0.3) is 49.0 Å². The molecular weight excluding hydrogens is 368 g/mol. The summed E-state index contributed by atoms with van der Waals surface area (Å²) in [7, 11) is 0.774. The fourth-order valence-corrected chi connectivity index (χ4v) is 6.26. The van der Waals surface area contributed by atoms with Crippen molar-refractivity contribution in [1.82, 2.24) is 4.40 Å².